The zero-order chi connectivity index (χ0) is 13.7. The molecule has 1 unspecified atom stereocenters. The minimum absolute atomic E-state index is 0.188. The third-order valence-corrected chi connectivity index (χ3v) is 2.80. The molecule has 4 nitrogen and oxygen atoms in total. The molecule has 0 bridgehead atoms. The van der Waals surface area contributed by atoms with Crippen LogP contribution in [0.3, 0.4) is 0 Å². The SMILES string of the molecule is CC(C)COC(=O)N(C)C(C)c1ccccc1O. The molecule has 0 fully saturated rings. The van der Waals surface area contributed by atoms with Crippen molar-refractivity contribution in [3.8, 4) is 5.75 Å². The van der Waals surface area contributed by atoms with Crippen LogP contribution in [0.4, 0.5) is 4.79 Å². The van der Waals surface area contributed by atoms with Crippen LogP contribution in [-0.2, 0) is 4.74 Å². The molecular formula is C14H21NO3. The van der Waals surface area contributed by atoms with Gasteiger partial charge in [0.25, 0.3) is 0 Å². The molecule has 0 aromatic heterocycles. The molecule has 1 N–H and O–H groups in total. The second kappa shape index (κ2) is 6.28. The van der Waals surface area contributed by atoms with Crippen molar-refractivity contribution in [3.63, 3.8) is 0 Å². The highest BCUT2D eigenvalue weighted by molar-refractivity contribution is 5.68. The Balaban J connectivity index is 2.69. The Morgan fingerprint density at radius 3 is 2.50 bits per heavy atom. The fourth-order valence-corrected chi connectivity index (χ4v) is 1.55. The minimum Gasteiger partial charge on any atom is -0.508 e. The molecular weight excluding hydrogens is 230 g/mol. The zero-order valence-corrected chi connectivity index (χ0v) is 11.4. The first-order valence-corrected chi connectivity index (χ1v) is 6.11. The largest absolute Gasteiger partial charge is 0.508 e. The van der Waals surface area contributed by atoms with Crippen LogP contribution in [0.2, 0.25) is 0 Å². The Bertz CT molecular complexity index is 404. The van der Waals surface area contributed by atoms with Crippen LogP contribution in [0, 0.1) is 5.92 Å². The summed E-state index contributed by atoms with van der Waals surface area (Å²) in [7, 11) is 1.67. The molecule has 0 saturated carbocycles. The second-order valence-corrected chi connectivity index (χ2v) is 4.82. The molecule has 0 aliphatic rings. The van der Waals surface area contributed by atoms with Crippen LogP contribution in [0.25, 0.3) is 0 Å². The smallest absolute Gasteiger partial charge is 0.410 e. The van der Waals surface area contributed by atoms with Gasteiger partial charge in [-0.15, -0.1) is 0 Å². The summed E-state index contributed by atoms with van der Waals surface area (Å²) in [6.45, 7) is 6.22. The molecule has 18 heavy (non-hydrogen) atoms. The number of carbonyl (C=O) groups is 1. The van der Waals surface area contributed by atoms with Crippen molar-refractivity contribution < 1.29 is 14.6 Å². The molecule has 1 aromatic rings. The Kier molecular flexibility index (Phi) is 5.01. The van der Waals surface area contributed by atoms with Crippen LogP contribution in [0.15, 0.2) is 24.3 Å². The highest BCUT2D eigenvalue weighted by Gasteiger charge is 2.20. The van der Waals surface area contributed by atoms with E-state index in [2.05, 4.69) is 0 Å². The molecule has 0 spiro atoms. The van der Waals surface area contributed by atoms with Gasteiger partial charge in [0.2, 0.25) is 0 Å². The molecule has 1 aromatic carbocycles. The van der Waals surface area contributed by atoms with Crippen LogP contribution in [0.5, 0.6) is 5.75 Å². The van der Waals surface area contributed by atoms with Gasteiger partial charge in [-0.3, -0.25) is 0 Å². The number of rotatable bonds is 4. The van der Waals surface area contributed by atoms with E-state index in [4.69, 9.17) is 4.74 Å². The number of aromatic hydroxyl groups is 1. The first-order chi connectivity index (χ1) is 8.43. The predicted molar refractivity (Wildman–Crippen MR) is 70.5 cm³/mol. The van der Waals surface area contributed by atoms with Crippen LogP contribution >= 0.6 is 0 Å². The molecule has 0 saturated heterocycles. The molecule has 100 valence electrons. The minimum atomic E-state index is -0.376. The van der Waals surface area contributed by atoms with Gasteiger partial charge in [0.05, 0.1) is 12.6 Å². The fraction of sp³-hybridized carbons (Fsp3) is 0.500. The van der Waals surface area contributed by atoms with Gasteiger partial charge in [-0.05, 0) is 18.9 Å². The molecule has 1 atom stereocenters. The number of ether oxygens (including phenoxy) is 1. The van der Waals surface area contributed by atoms with Crippen molar-refractivity contribution in [2.75, 3.05) is 13.7 Å². The number of hydrogen-bond acceptors (Lipinski definition) is 3. The van der Waals surface area contributed by atoms with Gasteiger partial charge in [-0.1, -0.05) is 32.0 Å². The van der Waals surface area contributed by atoms with Gasteiger partial charge in [0.1, 0.15) is 5.75 Å². The summed E-state index contributed by atoms with van der Waals surface area (Å²) in [5.74, 6) is 0.497. The zero-order valence-electron chi connectivity index (χ0n) is 11.4. The number of benzene rings is 1. The highest BCUT2D eigenvalue weighted by Crippen LogP contribution is 2.27. The topological polar surface area (TPSA) is 49.8 Å². The number of amides is 1. The van der Waals surface area contributed by atoms with E-state index >= 15 is 0 Å². The normalized spacial score (nSPS) is 12.3. The predicted octanol–water partition coefficient (Wildman–Crippen LogP) is 3.18. The van der Waals surface area contributed by atoms with E-state index in [0.717, 1.165) is 0 Å². The first-order valence-electron chi connectivity index (χ1n) is 6.11. The van der Waals surface area contributed by atoms with E-state index in [0.29, 0.717) is 18.1 Å². The van der Waals surface area contributed by atoms with Gasteiger partial charge < -0.3 is 14.7 Å². The maximum atomic E-state index is 11.8. The van der Waals surface area contributed by atoms with Crippen molar-refractivity contribution in [2.24, 2.45) is 5.92 Å². The van der Waals surface area contributed by atoms with Crippen LogP contribution in [-0.4, -0.2) is 29.8 Å². The number of hydrogen-bond donors (Lipinski definition) is 1. The molecule has 0 radical (unpaired) electrons. The van der Waals surface area contributed by atoms with Gasteiger partial charge in [-0.2, -0.15) is 0 Å². The van der Waals surface area contributed by atoms with Crippen LogP contribution < -0.4 is 0 Å². The van der Waals surface area contributed by atoms with Crippen molar-refractivity contribution >= 4 is 6.09 Å². The summed E-state index contributed by atoms with van der Waals surface area (Å²) in [6, 6.07) is 6.76. The Labute approximate surface area is 108 Å². The second-order valence-electron chi connectivity index (χ2n) is 4.82. The van der Waals surface area contributed by atoms with E-state index < -0.39 is 0 Å². The number of para-hydroxylation sites is 1. The number of carbonyl (C=O) groups excluding carboxylic acids is 1. The lowest BCUT2D eigenvalue weighted by atomic mass is 10.1. The Morgan fingerprint density at radius 2 is 1.94 bits per heavy atom. The van der Waals surface area contributed by atoms with Crippen molar-refractivity contribution in [1.29, 1.82) is 0 Å². The molecule has 0 aliphatic carbocycles. The summed E-state index contributed by atoms with van der Waals surface area (Å²) in [5, 5.41) is 9.75. The van der Waals surface area contributed by atoms with E-state index in [-0.39, 0.29) is 17.9 Å². The standard InChI is InChI=1S/C14H21NO3/c1-10(2)9-18-14(17)15(4)11(3)12-7-5-6-8-13(12)16/h5-8,10-11,16H,9H2,1-4H3. The maximum Gasteiger partial charge on any atom is 0.410 e. The molecule has 0 aliphatic heterocycles. The van der Waals surface area contributed by atoms with Crippen molar-refractivity contribution in [3.05, 3.63) is 29.8 Å². The molecule has 1 amide bonds. The molecule has 1 rings (SSSR count). The summed E-state index contributed by atoms with van der Waals surface area (Å²) in [6.07, 6.45) is -0.376. The summed E-state index contributed by atoms with van der Waals surface area (Å²) >= 11 is 0. The molecule has 0 heterocycles. The average Bonchev–Trinajstić information content (AvgIpc) is 2.34. The quantitative estimate of drug-likeness (QED) is 0.894. The third-order valence-electron chi connectivity index (χ3n) is 2.80. The number of phenols is 1. The monoisotopic (exact) mass is 251 g/mol. The van der Waals surface area contributed by atoms with Gasteiger partial charge in [0.15, 0.2) is 0 Å². The van der Waals surface area contributed by atoms with Gasteiger partial charge in [-0.25, -0.2) is 4.79 Å². The number of phenolic OH excluding ortho intramolecular Hbond substituents is 1. The summed E-state index contributed by atoms with van der Waals surface area (Å²) in [5.41, 5.74) is 0.710. The lowest BCUT2D eigenvalue weighted by molar-refractivity contribution is 0.0891. The Hall–Kier alpha value is -1.71. The van der Waals surface area contributed by atoms with E-state index in [1.54, 1.807) is 25.2 Å². The summed E-state index contributed by atoms with van der Waals surface area (Å²) < 4.78 is 5.15. The lowest BCUT2D eigenvalue weighted by Gasteiger charge is -2.25. The van der Waals surface area contributed by atoms with E-state index in [1.807, 2.05) is 26.8 Å². The fourth-order valence-electron chi connectivity index (χ4n) is 1.55. The molecule has 4 heteroatoms. The van der Waals surface area contributed by atoms with Gasteiger partial charge >= 0.3 is 6.09 Å². The Morgan fingerprint density at radius 1 is 1.33 bits per heavy atom. The maximum absolute atomic E-state index is 11.8. The number of nitrogens with zero attached hydrogens (tertiary/aromatic N) is 1. The highest BCUT2D eigenvalue weighted by atomic mass is 16.6. The summed E-state index contributed by atoms with van der Waals surface area (Å²) in [4.78, 5) is 13.3. The van der Waals surface area contributed by atoms with Gasteiger partial charge in [0, 0.05) is 12.6 Å². The first kappa shape index (κ1) is 14.4. The van der Waals surface area contributed by atoms with E-state index in [9.17, 15) is 9.90 Å². The average molecular weight is 251 g/mol. The van der Waals surface area contributed by atoms with E-state index in [1.165, 1.54) is 4.90 Å². The third kappa shape index (κ3) is 3.65. The van der Waals surface area contributed by atoms with Crippen LogP contribution in [0.1, 0.15) is 32.4 Å². The van der Waals surface area contributed by atoms with Crippen molar-refractivity contribution in [1.82, 2.24) is 4.90 Å². The van der Waals surface area contributed by atoms with Crippen molar-refractivity contribution in [2.45, 2.75) is 26.8 Å². The lowest BCUT2D eigenvalue weighted by Crippen LogP contribution is -2.31.